The molecule has 0 spiro atoms. The van der Waals surface area contributed by atoms with Crippen molar-refractivity contribution >= 4 is 11.8 Å². The number of carbonyl (C=O) groups excluding carboxylic acids is 2. The zero-order chi connectivity index (χ0) is 17.2. The van der Waals surface area contributed by atoms with Crippen LogP contribution < -0.4 is 0 Å². The summed E-state index contributed by atoms with van der Waals surface area (Å²) >= 11 is 0. The molecule has 126 valence electrons. The third kappa shape index (κ3) is 3.02. The zero-order valence-corrected chi connectivity index (χ0v) is 13.9. The molecule has 2 aliphatic rings. The van der Waals surface area contributed by atoms with Gasteiger partial charge in [0.1, 0.15) is 6.61 Å². The lowest BCUT2D eigenvalue weighted by Crippen LogP contribution is -2.32. The zero-order valence-electron chi connectivity index (χ0n) is 13.9. The van der Waals surface area contributed by atoms with E-state index in [1.54, 1.807) is 0 Å². The van der Waals surface area contributed by atoms with E-state index in [-0.39, 0.29) is 30.1 Å². The summed E-state index contributed by atoms with van der Waals surface area (Å²) in [6.45, 7) is 0.137. The highest BCUT2D eigenvalue weighted by Gasteiger charge is 2.50. The Labute approximate surface area is 147 Å². The molecule has 0 radical (unpaired) electrons. The van der Waals surface area contributed by atoms with E-state index < -0.39 is 5.97 Å². The normalized spacial score (nSPS) is 26.6. The van der Waals surface area contributed by atoms with Crippen LogP contribution in [0.1, 0.15) is 23.5 Å². The van der Waals surface area contributed by atoms with Crippen molar-refractivity contribution in [3.05, 3.63) is 83.9 Å². The standard InChI is InChI=1S/C22H20O3/c23-21(22(24)25-14-15-7-3-1-4-8-15)20-18-12-11-17(13-18)19(20)16-9-5-2-6-10-16/h1-12,17-20H,13-14H2/t17-,18+,19+,20+/m0/s1. The van der Waals surface area contributed by atoms with Crippen LogP contribution in [0.4, 0.5) is 0 Å². The Morgan fingerprint density at radius 1 is 0.880 bits per heavy atom. The quantitative estimate of drug-likeness (QED) is 0.474. The molecular formula is C22H20O3. The van der Waals surface area contributed by atoms with Gasteiger partial charge in [-0.1, -0.05) is 72.8 Å². The molecule has 0 N–H and O–H groups in total. The van der Waals surface area contributed by atoms with Crippen molar-refractivity contribution in [1.82, 2.24) is 0 Å². The molecule has 4 atom stereocenters. The fourth-order valence-electron chi connectivity index (χ4n) is 4.24. The molecule has 4 rings (SSSR count). The molecule has 0 amide bonds. The van der Waals surface area contributed by atoms with E-state index in [2.05, 4.69) is 24.3 Å². The maximum Gasteiger partial charge on any atom is 0.375 e. The lowest BCUT2D eigenvalue weighted by molar-refractivity contribution is -0.157. The average Bonchev–Trinajstić information content (AvgIpc) is 3.28. The van der Waals surface area contributed by atoms with E-state index in [0.29, 0.717) is 5.92 Å². The van der Waals surface area contributed by atoms with Crippen molar-refractivity contribution < 1.29 is 14.3 Å². The summed E-state index contributed by atoms with van der Waals surface area (Å²) in [6.07, 6.45) is 5.24. The number of ether oxygens (including phenoxy) is 1. The van der Waals surface area contributed by atoms with Crippen LogP contribution in [-0.2, 0) is 20.9 Å². The molecule has 1 saturated carbocycles. The van der Waals surface area contributed by atoms with Crippen LogP contribution in [-0.4, -0.2) is 11.8 Å². The first-order valence-corrected chi connectivity index (χ1v) is 8.72. The minimum Gasteiger partial charge on any atom is -0.455 e. The summed E-state index contributed by atoms with van der Waals surface area (Å²) in [7, 11) is 0. The monoisotopic (exact) mass is 332 g/mol. The van der Waals surface area contributed by atoms with E-state index in [4.69, 9.17) is 4.74 Å². The van der Waals surface area contributed by atoms with Crippen molar-refractivity contribution in [2.24, 2.45) is 17.8 Å². The molecular weight excluding hydrogens is 312 g/mol. The van der Waals surface area contributed by atoms with E-state index in [0.717, 1.165) is 17.5 Å². The third-order valence-corrected chi connectivity index (χ3v) is 5.36. The minimum atomic E-state index is -0.712. The molecule has 0 unspecified atom stereocenters. The molecule has 2 aromatic rings. The second-order valence-electron chi connectivity index (χ2n) is 6.84. The van der Waals surface area contributed by atoms with Gasteiger partial charge in [-0.25, -0.2) is 4.79 Å². The van der Waals surface area contributed by atoms with E-state index >= 15 is 0 Å². The Morgan fingerprint density at radius 2 is 1.52 bits per heavy atom. The van der Waals surface area contributed by atoms with Gasteiger partial charge in [-0.15, -0.1) is 0 Å². The van der Waals surface area contributed by atoms with Gasteiger partial charge in [-0.3, -0.25) is 4.79 Å². The second kappa shape index (κ2) is 6.67. The summed E-state index contributed by atoms with van der Waals surface area (Å²) in [6, 6.07) is 19.5. The molecule has 0 aliphatic heterocycles. The molecule has 1 fully saturated rings. The molecule has 3 nitrogen and oxygen atoms in total. The fourth-order valence-corrected chi connectivity index (χ4v) is 4.24. The van der Waals surface area contributed by atoms with E-state index in [1.807, 2.05) is 48.5 Å². The maximum atomic E-state index is 12.8. The van der Waals surface area contributed by atoms with Crippen molar-refractivity contribution in [2.45, 2.75) is 18.9 Å². The summed E-state index contributed by atoms with van der Waals surface area (Å²) < 4.78 is 5.28. The number of carbonyl (C=O) groups is 2. The number of benzene rings is 2. The van der Waals surface area contributed by atoms with Gasteiger partial charge < -0.3 is 4.74 Å². The molecule has 3 heteroatoms. The fraction of sp³-hybridized carbons (Fsp3) is 0.273. The lowest BCUT2D eigenvalue weighted by Gasteiger charge is -2.26. The number of hydrogen-bond donors (Lipinski definition) is 0. The van der Waals surface area contributed by atoms with Crippen LogP contribution in [0, 0.1) is 17.8 Å². The number of esters is 1. The smallest absolute Gasteiger partial charge is 0.375 e. The van der Waals surface area contributed by atoms with Crippen LogP contribution in [0.5, 0.6) is 0 Å². The second-order valence-corrected chi connectivity index (χ2v) is 6.84. The van der Waals surface area contributed by atoms with Gasteiger partial charge >= 0.3 is 5.97 Å². The number of ketones is 1. The maximum absolute atomic E-state index is 12.8. The first kappa shape index (κ1) is 15.8. The van der Waals surface area contributed by atoms with Gasteiger partial charge in [-0.05, 0) is 29.4 Å². The molecule has 25 heavy (non-hydrogen) atoms. The number of Topliss-reactive ketones (excluding diaryl/α,β-unsaturated/α-hetero) is 1. The Morgan fingerprint density at radius 3 is 2.24 bits per heavy atom. The van der Waals surface area contributed by atoms with Gasteiger partial charge in [0.05, 0.1) is 0 Å². The third-order valence-electron chi connectivity index (χ3n) is 5.36. The topological polar surface area (TPSA) is 43.4 Å². The average molecular weight is 332 g/mol. The Hall–Kier alpha value is -2.68. The Kier molecular flexibility index (Phi) is 4.22. The number of hydrogen-bond acceptors (Lipinski definition) is 3. The van der Waals surface area contributed by atoms with E-state index in [1.165, 1.54) is 0 Å². The summed E-state index contributed by atoms with van der Waals surface area (Å²) in [5.41, 5.74) is 2.02. The largest absolute Gasteiger partial charge is 0.455 e. The van der Waals surface area contributed by atoms with Crippen molar-refractivity contribution in [3.8, 4) is 0 Å². The molecule has 2 aliphatic carbocycles. The number of allylic oxidation sites excluding steroid dienone is 2. The molecule has 0 saturated heterocycles. The van der Waals surface area contributed by atoms with Crippen LogP contribution >= 0.6 is 0 Å². The summed E-state index contributed by atoms with van der Waals surface area (Å²) in [5, 5.41) is 0. The summed E-state index contributed by atoms with van der Waals surface area (Å²) in [4.78, 5) is 25.2. The van der Waals surface area contributed by atoms with Gasteiger partial charge in [0, 0.05) is 11.8 Å². The van der Waals surface area contributed by atoms with Crippen LogP contribution in [0.3, 0.4) is 0 Å². The SMILES string of the molecule is O=C(OCc1ccccc1)C(=O)[C@H]1[C@H](c2ccccc2)[C@H]2C=C[C@@H]1C2. The highest BCUT2D eigenvalue weighted by atomic mass is 16.5. The van der Waals surface area contributed by atoms with E-state index in [9.17, 15) is 9.59 Å². The van der Waals surface area contributed by atoms with Crippen molar-refractivity contribution in [1.29, 1.82) is 0 Å². The lowest BCUT2D eigenvalue weighted by atomic mass is 9.76. The molecule has 2 aromatic carbocycles. The van der Waals surface area contributed by atoms with Crippen LogP contribution in [0.2, 0.25) is 0 Å². The summed E-state index contributed by atoms with van der Waals surface area (Å²) in [5.74, 6) is -0.846. The van der Waals surface area contributed by atoms with Crippen LogP contribution in [0.15, 0.2) is 72.8 Å². The highest BCUT2D eigenvalue weighted by molar-refractivity contribution is 6.34. The van der Waals surface area contributed by atoms with Crippen molar-refractivity contribution in [3.63, 3.8) is 0 Å². The predicted molar refractivity (Wildman–Crippen MR) is 94.7 cm³/mol. The molecule has 2 bridgehead atoms. The first-order valence-electron chi connectivity index (χ1n) is 8.72. The molecule has 0 heterocycles. The van der Waals surface area contributed by atoms with Gasteiger partial charge in [0.25, 0.3) is 0 Å². The Balaban J connectivity index is 1.50. The van der Waals surface area contributed by atoms with Crippen LogP contribution in [0.25, 0.3) is 0 Å². The minimum absolute atomic E-state index is 0.0768. The number of rotatable bonds is 5. The van der Waals surface area contributed by atoms with Crippen molar-refractivity contribution in [2.75, 3.05) is 0 Å². The highest BCUT2D eigenvalue weighted by Crippen LogP contribution is 2.53. The first-order chi connectivity index (χ1) is 12.2. The Bertz CT molecular complexity index is 795. The number of fused-ring (bicyclic) bond motifs is 2. The molecule has 0 aromatic heterocycles. The van der Waals surface area contributed by atoms with Gasteiger partial charge in [0.2, 0.25) is 5.78 Å². The van der Waals surface area contributed by atoms with Gasteiger partial charge in [0.15, 0.2) is 0 Å². The van der Waals surface area contributed by atoms with Gasteiger partial charge in [-0.2, -0.15) is 0 Å². The predicted octanol–water partition coefficient (Wildman–Crippen LogP) is 3.90.